The fraction of sp³-hybridized carbons (Fsp3) is 0.231. The number of hydrogen-bond donors (Lipinski definition) is 1. The number of halogens is 1. The summed E-state index contributed by atoms with van der Waals surface area (Å²) in [5.74, 6) is -0.806. The lowest BCUT2D eigenvalue weighted by molar-refractivity contribution is -0.139. The van der Waals surface area contributed by atoms with E-state index in [4.69, 9.17) is 0 Å². The minimum Gasteiger partial charge on any atom is -0.357 e. The van der Waals surface area contributed by atoms with Crippen molar-refractivity contribution < 1.29 is 18.0 Å². The molecule has 0 spiro atoms. The Labute approximate surface area is 214 Å². The minimum absolute atomic E-state index is 0.155. The Morgan fingerprint density at radius 3 is 1.94 bits per heavy atom. The predicted octanol–water partition coefficient (Wildman–Crippen LogP) is 3.60. The van der Waals surface area contributed by atoms with Gasteiger partial charge in [-0.25, -0.2) is 8.42 Å². The number of nitrogens with zero attached hydrogens (tertiary/aromatic N) is 2. The second kappa shape index (κ2) is 12.0. The lowest BCUT2D eigenvalue weighted by atomic mass is 10.0. The first-order valence-electron chi connectivity index (χ1n) is 11.0. The molecule has 3 aromatic rings. The molecule has 7 nitrogen and oxygen atoms in total. The highest BCUT2D eigenvalue weighted by atomic mass is 79.9. The molecule has 0 aliphatic heterocycles. The summed E-state index contributed by atoms with van der Waals surface area (Å²) in [6, 6.07) is 24.6. The van der Waals surface area contributed by atoms with Crippen molar-refractivity contribution in [2.24, 2.45) is 0 Å². The molecule has 0 fully saturated rings. The van der Waals surface area contributed by atoms with Crippen molar-refractivity contribution >= 4 is 43.5 Å². The molecule has 0 aliphatic carbocycles. The van der Waals surface area contributed by atoms with Crippen molar-refractivity contribution in [1.82, 2.24) is 10.2 Å². The van der Waals surface area contributed by atoms with Crippen molar-refractivity contribution in [2.75, 3.05) is 24.2 Å². The first kappa shape index (κ1) is 26.4. The molecule has 9 heteroatoms. The van der Waals surface area contributed by atoms with E-state index in [9.17, 15) is 18.0 Å². The molecule has 184 valence electrons. The summed E-state index contributed by atoms with van der Waals surface area (Å²) in [6.07, 6.45) is 1.35. The van der Waals surface area contributed by atoms with Gasteiger partial charge in [-0.1, -0.05) is 76.6 Å². The Morgan fingerprint density at radius 1 is 0.886 bits per heavy atom. The second-order valence-corrected chi connectivity index (χ2v) is 10.9. The van der Waals surface area contributed by atoms with Gasteiger partial charge in [-0.05, 0) is 35.4 Å². The van der Waals surface area contributed by atoms with Gasteiger partial charge >= 0.3 is 0 Å². The van der Waals surface area contributed by atoms with Crippen LogP contribution in [0.2, 0.25) is 0 Å². The average molecular weight is 558 g/mol. The standard InChI is InChI=1S/C26H28BrN3O4S/c1-28-26(32)24(17-20-9-5-3-6-10-20)29(18-21-11-7-4-8-12-21)25(31)19-30(35(2,33)34)23-15-13-22(27)14-16-23/h3-16,24H,17-19H2,1-2H3,(H,28,32). The van der Waals surface area contributed by atoms with E-state index in [1.165, 1.54) is 11.9 Å². The highest BCUT2D eigenvalue weighted by Crippen LogP contribution is 2.22. The largest absolute Gasteiger partial charge is 0.357 e. The van der Waals surface area contributed by atoms with Gasteiger partial charge in [-0.15, -0.1) is 0 Å². The Bertz CT molecular complexity index is 1240. The van der Waals surface area contributed by atoms with Crippen LogP contribution in [-0.4, -0.2) is 51.0 Å². The maximum Gasteiger partial charge on any atom is 0.244 e. The van der Waals surface area contributed by atoms with Crippen LogP contribution in [0.3, 0.4) is 0 Å². The molecular weight excluding hydrogens is 530 g/mol. The topological polar surface area (TPSA) is 86.8 Å². The lowest BCUT2D eigenvalue weighted by Crippen LogP contribution is -2.52. The quantitative estimate of drug-likeness (QED) is 0.412. The summed E-state index contributed by atoms with van der Waals surface area (Å²) >= 11 is 3.34. The van der Waals surface area contributed by atoms with Gasteiger partial charge in [0.05, 0.1) is 11.9 Å². The normalized spacial score (nSPS) is 12.0. The number of benzene rings is 3. The number of anilines is 1. The van der Waals surface area contributed by atoms with E-state index < -0.39 is 28.5 Å². The lowest BCUT2D eigenvalue weighted by Gasteiger charge is -2.33. The minimum atomic E-state index is -3.77. The number of amides is 2. The predicted molar refractivity (Wildman–Crippen MR) is 141 cm³/mol. The Hall–Kier alpha value is -3.17. The van der Waals surface area contributed by atoms with Gasteiger partial charge in [0.15, 0.2) is 0 Å². The van der Waals surface area contributed by atoms with E-state index >= 15 is 0 Å². The van der Waals surface area contributed by atoms with Crippen LogP contribution >= 0.6 is 15.9 Å². The van der Waals surface area contributed by atoms with Gasteiger partial charge in [0.1, 0.15) is 12.6 Å². The van der Waals surface area contributed by atoms with Crippen LogP contribution in [-0.2, 0) is 32.6 Å². The van der Waals surface area contributed by atoms with E-state index in [-0.39, 0.29) is 18.9 Å². The van der Waals surface area contributed by atoms with Gasteiger partial charge in [-0.3, -0.25) is 13.9 Å². The number of carbonyl (C=O) groups is 2. The molecule has 1 N–H and O–H groups in total. The second-order valence-electron chi connectivity index (χ2n) is 8.07. The van der Waals surface area contributed by atoms with Crippen LogP contribution in [0.25, 0.3) is 0 Å². The molecule has 1 atom stereocenters. The fourth-order valence-electron chi connectivity index (χ4n) is 3.72. The molecule has 3 rings (SSSR count). The monoisotopic (exact) mass is 557 g/mol. The Balaban J connectivity index is 1.99. The van der Waals surface area contributed by atoms with E-state index in [0.29, 0.717) is 5.69 Å². The first-order chi connectivity index (χ1) is 16.7. The molecule has 3 aromatic carbocycles. The molecule has 0 saturated carbocycles. The fourth-order valence-corrected chi connectivity index (χ4v) is 4.84. The van der Waals surface area contributed by atoms with E-state index in [2.05, 4.69) is 21.2 Å². The maximum absolute atomic E-state index is 13.7. The summed E-state index contributed by atoms with van der Waals surface area (Å²) in [4.78, 5) is 28.2. The number of sulfonamides is 1. The number of nitrogens with one attached hydrogen (secondary N) is 1. The summed E-state index contributed by atoms with van der Waals surface area (Å²) < 4.78 is 27.1. The van der Waals surface area contributed by atoms with Crippen molar-refractivity contribution in [3.63, 3.8) is 0 Å². The zero-order chi connectivity index (χ0) is 25.4. The number of hydrogen-bond acceptors (Lipinski definition) is 4. The van der Waals surface area contributed by atoms with Gasteiger partial charge in [0.25, 0.3) is 0 Å². The third-order valence-corrected chi connectivity index (χ3v) is 7.18. The molecule has 35 heavy (non-hydrogen) atoms. The van der Waals surface area contributed by atoms with Crippen LogP contribution in [0, 0.1) is 0 Å². The van der Waals surface area contributed by atoms with E-state index in [0.717, 1.165) is 26.2 Å². The van der Waals surface area contributed by atoms with Gasteiger partial charge in [0.2, 0.25) is 21.8 Å². The summed E-state index contributed by atoms with van der Waals surface area (Å²) in [5, 5.41) is 2.66. The van der Waals surface area contributed by atoms with Crippen LogP contribution in [0.5, 0.6) is 0 Å². The molecule has 0 heterocycles. The van der Waals surface area contributed by atoms with Gasteiger partial charge in [0, 0.05) is 24.5 Å². The molecular formula is C26H28BrN3O4S. The van der Waals surface area contributed by atoms with Crippen LogP contribution in [0.1, 0.15) is 11.1 Å². The molecule has 2 amide bonds. The highest BCUT2D eigenvalue weighted by Gasteiger charge is 2.32. The van der Waals surface area contributed by atoms with Crippen LogP contribution in [0.15, 0.2) is 89.4 Å². The molecule has 0 radical (unpaired) electrons. The summed E-state index contributed by atoms with van der Waals surface area (Å²) in [6.45, 7) is -0.280. The first-order valence-corrected chi connectivity index (χ1v) is 13.7. The van der Waals surface area contributed by atoms with Crippen LogP contribution < -0.4 is 9.62 Å². The maximum atomic E-state index is 13.7. The zero-order valence-corrected chi connectivity index (χ0v) is 22.0. The highest BCUT2D eigenvalue weighted by molar-refractivity contribution is 9.10. The Morgan fingerprint density at radius 2 is 1.43 bits per heavy atom. The SMILES string of the molecule is CNC(=O)C(Cc1ccccc1)N(Cc1ccccc1)C(=O)CN(c1ccc(Br)cc1)S(C)(=O)=O. The van der Waals surface area contributed by atoms with Crippen molar-refractivity contribution in [3.05, 3.63) is 101 Å². The van der Waals surface area contributed by atoms with Crippen molar-refractivity contribution in [1.29, 1.82) is 0 Å². The van der Waals surface area contributed by atoms with Gasteiger partial charge < -0.3 is 10.2 Å². The van der Waals surface area contributed by atoms with Crippen LogP contribution in [0.4, 0.5) is 5.69 Å². The van der Waals surface area contributed by atoms with E-state index in [1.54, 1.807) is 24.3 Å². The third kappa shape index (κ3) is 7.40. The Kier molecular flexibility index (Phi) is 9.06. The molecule has 0 aliphatic rings. The number of likely N-dealkylation sites (N-methyl/N-ethyl adjacent to an activating group) is 1. The van der Waals surface area contributed by atoms with Crippen molar-refractivity contribution in [3.8, 4) is 0 Å². The smallest absolute Gasteiger partial charge is 0.244 e. The molecule has 1 unspecified atom stereocenters. The zero-order valence-electron chi connectivity index (χ0n) is 19.6. The molecule has 0 bridgehead atoms. The molecule has 0 saturated heterocycles. The van der Waals surface area contributed by atoms with Crippen molar-refractivity contribution in [2.45, 2.75) is 19.0 Å². The summed E-state index contributed by atoms with van der Waals surface area (Å²) in [5.41, 5.74) is 2.08. The van der Waals surface area contributed by atoms with Gasteiger partial charge in [-0.2, -0.15) is 0 Å². The third-order valence-electron chi connectivity index (χ3n) is 5.51. The molecule has 0 aromatic heterocycles. The summed E-state index contributed by atoms with van der Waals surface area (Å²) in [7, 11) is -2.25. The number of carbonyl (C=O) groups excluding carboxylic acids is 2. The number of rotatable bonds is 10. The van der Waals surface area contributed by atoms with E-state index in [1.807, 2.05) is 60.7 Å². The average Bonchev–Trinajstić information content (AvgIpc) is 2.85.